The molecule has 3 aliphatic rings. The van der Waals surface area contributed by atoms with Gasteiger partial charge in [0.1, 0.15) is 0 Å². The number of carbonyl (C=O) groups excluding carboxylic acids is 1. The van der Waals surface area contributed by atoms with Gasteiger partial charge in [-0.3, -0.25) is 4.79 Å². The fraction of sp³-hybridized carbons (Fsp3) is 0.682. The van der Waals surface area contributed by atoms with Crippen molar-refractivity contribution in [2.45, 2.75) is 70.4 Å². The van der Waals surface area contributed by atoms with Gasteiger partial charge >= 0.3 is 0 Å². The quantitative estimate of drug-likeness (QED) is 0.727. The second kappa shape index (κ2) is 6.56. The van der Waals surface area contributed by atoms with Gasteiger partial charge in [0.2, 0.25) is 0 Å². The lowest BCUT2D eigenvalue weighted by molar-refractivity contribution is -0.134. The molecule has 1 fully saturated rings. The van der Waals surface area contributed by atoms with Crippen LogP contribution in [-0.2, 0) is 16.6 Å². The first-order valence-electron chi connectivity index (χ1n) is 10.2. The van der Waals surface area contributed by atoms with E-state index in [0.29, 0.717) is 25.0 Å². The Balaban J connectivity index is 1.80. The predicted molar refractivity (Wildman–Crippen MR) is 102 cm³/mol. The van der Waals surface area contributed by atoms with Crippen LogP contribution in [0.25, 0.3) is 0 Å². The summed E-state index contributed by atoms with van der Waals surface area (Å²) in [5.41, 5.74) is 2.37. The molecule has 0 bridgehead atoms. The van der Waals surface area contributed by atoms with Crippen molar-refractivity contribution in [3.63, 3.8) is 0 Å². The van der Waals surface area contributed by atoms with Gasteiger partial charge in [0.25, 0.3) is 0 Å². The van der Waals surface area contributed by atoms with Gasteiger partial charge < -0.3 is 14.4 Å². The average Bonchev–Trinajstić information content (AvgIpc) is 2.97. The molecule has 1 heterocycles. The highest BCUT2D eigenvalue weighted by Gasteiger charge is 2.61. The van der Waals surface area contributed by atoms with E-state index >= 15 is 0 Å². The molecule has 0 saturated heterocycles. The minimum absolute atomic E-state index is 0.226. The molecule has 4 heteroatoms. The summed E-state index contributed by atoms with van der Waals surface area (Å²) >= 11 is 0. The summed E-state index contributed by atoms with van der Waals surface area (Å²) < 4.78 is 12.4. The number of ketones is 1. The van der Waals surface area contributed by atoms with E-state index in [-0.39, 0.29) is 17.3 Å². The number of ether oxygens (including phenoxy) is 2. The smallest absolute Gasteiger partial charge is 0.174 e. The Morgan fingerprint density at radius 3 is 2.88 bits per heavy atom. The highest BCUT2D eigenvalue weighted by molar-refractivity contribution is 5.89. The summed E-state index contributed by atoms with van der Waals surface area (Å²) in [6.45, 7) is 8.36. The van der Waals surface area contributed by atoms with Crippen LogP contribution in [0.1, 0.15) is 57.6 Å². The first-order valence-corrected chi connectivity index (χ1v) is 10.2. The molecular weight excluding hydrogens is 326 g/mol. The van der Waals surface area contributed by atoms with Crippen LogP contribution in [-0.4, -0.2) is 43.0 Å². The van der Waals surface area contributed by atoms with Crippen molar-refractivity contribution < 1.29 is 14.3 Å². The van der Waals surface area contributed by atoms with E-state index in [1.54, 1.807) is 0 Å². The Morgan fingerprint density at radius 2 is 2.15 bits per heavy atom. The van der Waals surface area contributed by atoms with Crippen LogP contribution >= 0.6 is 0 Å². The molecule has 1 aromatic rings. The maximum Gasteiger partial charge on any atom is 0.174 e. The van der Waals surface area contributed by atoms with Gasteiger partial charge in [-0.25, -0.2) is 0 Å². The van der Waals surface area contributed by atoms with E-state index in [9.17, 15) is 4.79 Å². The van der Waals surface area contributed by atoms with E-state index in [2.05, 4.69) is 44.9 Å². The van der Waals surface area contributed by atoms with Gasteiger partial charge in [-0.05, 0) is 50.4 Å². The third-order valence-corrected chi connectivity index (χ3v) is 7.01. The van der Waals surface area contributed by atoms with E-state index < -0.39 is 0 Å². The number of hydrogen-bond acceptors (Lipinski definition) is 4. The van der Waals surface area contributed by atoms with Gasteiger partial charge in [-0.2, -0.15) is 0 Å². The Labute approximate surface area is 156 Å². The zero-order valence-corrected chi connectivity index (χ0v) is 16.5. The molecule has 26 heavy (non-hydrogen) atoms. The van der Waals surface area contributed by atoms with Crippen LogP contribution in [0.4, 0.5) is 0 Å². The van der Waals surface area contributed by atoms with Gasteiger partial charge in [0.05, 0.1) is 6.61 Å². The lowest BCUT2D eigenvalue weighted by atomic mass is 9.55. The summed E-state index contributed by atoms with van der Waals surface area (Å²) in [4.78, 5) is 15.2. The first-order chi connectivity index (χ1) is 12.5. The molecule has 0 unspecified atom stereocenters. The first kappa shape index (κ1) is 17.8. The minimum Gasteiger partial charge on any atom is -0.490 e. The number of benzene rings is 1. The van der Waals surface area contributed by atoms with E-state index in [1.807, 2.05) is 0 Å². The minimum atomic E-state index is -0.348. The highest BCUT2D eigenvalue weighted by Crippen LogP contribution is 2.59. The molecule has 2 aliphatic carbocycles. The van der Waals surface area contributed by atoms with Crippen molar-refractivity contribution in [3.8, 4) is 11.5 Å². The number of carbonyl (C=O) groups is 1. The zero-order valence-electron chi connectivity index (χ0n) is 16.5. The molecule has 1 aliphatic heterocycles. The number of Topliss-reactive ketones (excluding diaryl/α,β-unsaturated/α-hetero) is 1. The number of likely N-dealkylation sites (N-methyl/N-ethyl adjacent to an activating group) is 1. The molecule has 4 rings (SSSR count). The van der Waals surface area contributed by atoms with E-state index in [1.165, 1.54) is 11.1 Å². The Morgan fingerprint density at radius 1 is 1.35 bits per heavy atom. The molecule has 4 nitrogen and oxygen atoms in total. The standard InChI is InChI=1S/C22H31NO3/c1-5-7-12-25-18-11-8-14-13-16(23(4)6-2)15-9-10-17(24)21-22(15,3)19(14)20(18)26-21/h8,11,15-16,21H,5-7,9-10,12-13H2,1-4H3/t15-,16+,21-,22-/m0/s1. The van der Waals surface area contributed by atoms with Gasteiger partial charge in [-0.15, -0.1) is 0 Å². The number of nitrogens with zero attached hydrogens (tertiary/aromatic N) is 1. The van der Waals surface area contributed by atoms with Crippen molar-refractivity contribution in [3.05, 3.63) is 23.3 Å². The largest absolute Gasteiger partial charge is 0.490 e. The Kier molecular flexibility index (Phi) is 4.50. The van der Waals surface area contributed by atoms with Crippen LogP contribution in [0, 0.1) is 5.92 Å². The van der Waals surface area contributed by atoms with Crippen molar-refractivity contribution >= 4 is 5.78 Å². The molecular formula is C22H31NO3. The average molecular weight is 357 g/mol. The van der Waals surface area contributed by atoms with Gasteiger partial charge in [-0.1, -0.05) is 33.3 Å². The molecule has 0 aromatic heterocycles. The monoisotopic (exact) mass is 357 g/mol. The second-order valence-corrected chi connectivity index (χ2v) is 8.37. The van der Waals surface area contributed by atoms with Crippen molar-refractivity contribution in [1.29, 1.82) is 0 Å². The van der Waals surface area contributed by atoms with Crippen molar-refractivity contribution in [2.75, 3.05) is 20.2 Å². The van der Waals surface area contributed by atoms with Crippen LogP contribution < -0.4 is 9.47 Å². The topological polar surface area (TPSA) is 38.8 Å². The number of hydrogen-bond donors (Lipinski definition) is 0. The van der Waals surface area contributed by atoms with Gasteiger partial charge in [0, 0.05) is 23.4 Å². The number of rotatable bonds is 6. The second-order valence-electron chi connectivity index (χ2n) is 8.37. The Hall–Kier alpha value is -1.55. The lowest BCUT2D eigenvalue weighted by Crippen LogP contribution is -2.59. The SMILES string of the molecule is CCCCOc1ccc2c3c1O[C@H]1C(=O)CC[C@@H]([C@H](N(C)CC)C2)[C@@]31C. The molecule has 4 atom stereocenters. The lowest BCUT2D eigenvalue weighted by Gasteiger charge is -2.51. The summed E-state index contributed by atoms with van der Waals surface area (Å²) in [6.07, 6.45) is 4.42. The van der Waals surface area contributed by atoms with E-state index in [0.717, 1.165) is 43.7 Å². The molecule has 1 saturated carbocycles. The van der Waals surface area contributed by atoms with Crippen molar-refractivity contribution in [1.82, 2.24) is 4.90 Å². The summed E-state index contributed by atoms with van der Waals surface area (Å²) in [6, 6.07) is 4.73. The maximum absolute atomic E-state index is 12.8. The molecule has 0 N–H and O–H groups in total. The summed E-state index contributed by atoms with van der Waals surface area (Å²) in [5, 5.41) is 0. The molecule has 0 spiro atoms. The maximum atomic E-state index is 12.8. The van der Waals surface area contributed by atoms with Crippen LogP contribution in [0.5, 0.6) is 11.5 Å². The normalized spacial score (nSPS) is 31.7. The summed E-state index contributed by atoms with van der Waals surface area (Å²) in [7, 11) is 2.21. The van der Waals surface area contributed by atoms with Gasteiger partial charge in [0.15, 0.2) is 23.4 Å². The van der Waals surface area contributed by atoms with Crippen LogP contribution in [0.2, 0.25) is 0 Å². The molecule has 1 aromatic carbocycles. The third-order valence-electron chi connectivity index (χ3n) is 7.01. The van der Waals surface area contributed by atoms with Crippen LogP contribution in [0.3, 0.4) is 0 Å². The fourth-order valence-electron chi connectivity index (χ4n) is 5.46. The highest BCUT2D eigenvalue weighted by atomic mass is 16.5. The fourth-order valence-corrected chi connectivity index (χ4v) is 5.46. The molecule has 0 amide bonds. The molecule has 0 radical (unpaired) electrons. The summed E-state index contributed by atoms with van der Waals surface area (Å²) in [5.74, 6) is 2.38. The van der Waals surface area contributed by atoms with Crippen molar-refractivity contribution in [2.24, 2.45) is 5.92 Å². The van der Waals surface area contributed by atoms with Crippen LogP contribution in [0.15, 0.2) is 12.1 Å². The Bertz CT molecular complexity index is 716. The third kappa shape index (κ3) is 2.41. The zero-order chi connectivity index (χ0) is 18.5. The number of unbranched alkanes of at least 4 members (excludes halogenated alkanes) is 1. The van der Waals surface area contributed by atoms with E-state index in [4.69, 9.17) is 9.47 Å². The predicted octanol–water partition coefficient (Wildman–Crippen LogP) is 3.74. The molecule has 142 valence electrons.